The summed E-state index contributed by atoms with van der Waals surface area (Å²) in [6.45, 7) is -0.363. The van der Waals surface area contributed by atoms with Crippen molar-refractivity contribution in [3.8, 4) is 5.75 Å². The molecule has 62 valence electrons. The van der Waals surface area contributed by atoms with Crippen LogP contribution in [0, 0.1) is 0 Å². The highest BCUT2D eigenvalue weighted by molar-refractivity contribution is 5.11. The van der Waals surface area contributed by atoms with Crippen molar-refractivity contribution in [1.82, 2.24) is 9.78 Å². The van der Waals surface area contributed by atoms with Crippen LogP contribution in [-0.4, -0.2) is 16.4 Å². The highest BCUT2D eigenvalue weighted by atomic mass is 19.3. The van der Waals surface area contributed by atoms with Crippen molar-refractivity contribution >= 4 is 0 Å². The van der Waals surface area contributed by atoms with Gasteiger partial charge in [-0.3, -0.25) is 0 Å². The quantitative estimate of drug-likeness (QED) is 0.676. The molecule has 0 bridgehead atoms. The van der Waals surface area contributed by atoms with Gasteiger partial charge in [0.2, 0.25) is 0 Å². The Morgan fingerprint density at radius 2 is 2.45 bits per heavy atom. The lowest BCUT2D eigenvalue weighted by molar-refractivity contribution is 0.0563. The van der Waals surface area contributed by atoms with E-state index in [1.54, 1.807) is 6.92 Å². The van der Waals surface area contributed by atoms with Gasteiger partial charge in [0.05, 0.1) is 19.0 Å². The first-order chi connectivity index (χ1) is 5.24. The van der Waals surface area contributed by atoms with Gasteiger partial charge >= 0.3 is 6.55 Å². The first-order valence-corrected chi connectivity index (χ1v) is 3.19. The maximum atomic E-state index is 11.9. The van der Waals surface area contributed by atoms with Crippen molar-refractivity contribution in [1.29, 1.82) is 0 Å². The summed E-state index contributed by atoms with van der Waals surface area (Å²) in [7, 11) is 0. The zero-order valence-corrected chi connectivity index (χ0v) is 6.00. The smallest absolute Gasteiger partial charge is 0.333 e. The van der Waals surface area contributed by atoms with E-state index in [-0.39, 0.29) is 0 Å². The summed E-state index contributed by atoms with van der Waals surface area (Å²) >= 11 is 0. The van der Waals surface area contributed by atoms with Crippen molar-refractivity contribution < 1.29 is 13.5 Å². The number of ether oxygens (including phenoxy) is 1. The number of hydrogen-bond donors (Lipinski definition) is 0. The van der Waals surface area contributed by atoms with Crippen LogP contribution in [0.5, 0.6) is 5.75 Å². The standard InChI is InChI=1S/C6H8F2N2O/c1-2-11-5-3-9-10(4-5)6(7)8/h3-4,6H,2H2,1H3. The summed E-state index contributed by atoms with van der Waals surface area (Å²) in [6, 6.07) is 0. The maximum Gasteiger partial charge on any atom is 0.333 e. The summed E-state index contributed by atoms with van der Waals surface area (Å²) < 4.78 is 29.2. The Balaban J connectivity index is 2.66. The molecule has 0 saturated carbocycles. The Labute approximate surface area is 62.6 Å². The van der Waals surface area contributed by atoms with Crippen molar-refractivity contribution in [2.45, 2.75) is 13.5 Å². The molecule has 1 aromatic heterocycles. The van der Waals surface area contributed by atoms with Crippen molar-refractivity contribution in [2.75, 3.05) is 6.61 Å². The Morgan fingerprint density at radius 3 is 2.91 bits per heavy atom. The van der Waals surface area contributed by atoms with E-state index >= 15 is 0 Å². The third-order valence-corrected chi connectivity index (χ3v) is 1.09. The predicted molar refractivity (Wildman–Crippen MR) is 34.6 cm³/mol. The molecule has 0 unspecified atom stereocenters. The highest BCUT2D eigenvalue weighted by Crippen LogP contribution is 2.14. The fourth-order valence-corrected chi connectivity index (χ4v) is 0.669. The maximum absolute atomic E-state index is 11.9. The summed E-state index contributed by atoms with van der Waals surface area (Å²) in [5.74, 6) is 0.368. The van der Waals surface area contributed by atoms with Gasteiger partial charge < -0.3 is 4.74 Å². The minimum absolute atomic E-state index is 0.368. The van der Waals surface area contributed by atoms with E-state index in [1.807, 2.05) is 0 Å². The number of alkyl halides is 2. The van der Waals surface area contributed by atoms with E-state index in [0.717, 1.165) is 6.20 Å². The van der Waals surface area contributed by atoms with E-state index in [4.69, 9.17) is 4.74 Å². The largest absolute Gasteiger partial charge is 0.491 e. The lowest BCUT2D eigenvalue weighted by atomic mass is 10.6. The van der Waals surface area contributed by atoms with E-state index in [2.05, 4.69) is 5.10 Å². The van der Waals surface area contributed by atoms with Gasteiger partial charge in [-0.15, -0.1) is 0 Å². The zero-order valence-electron chi connectivity index (χ0n) is 6.00. The van der Waals surface area contributed by atoms with Crippen LogP contribution < -0.4 is 4.74 Å². The summed E-state index contributed by atoms with van der Waals surface area (Å²) in [5.41, 5.74) is 0. The molecule has 0 amide bonds. The van der Waals surface area contributed by atoms with E-state index in [0.29, 0.717) is 17.0 Å². The van der Waals surface area contributed by atoms with Crippen LogP contribution in [0.1, 0.15) is 13.5 Å². The van der Waals surface area contributed by atoms with Crippen LogP contribution in [-0.2, 0) is 0 Å². The molecule has 0 aliphatic rings. The molecule has 0 aliphatic heterocycles. The molecule has 0 atom stereocenters. The van der Waals surface area contributed by atoms with Crippen LogP contribution in [0.4, 0.5) is 8.78 Å². The molecule has 0 N–H and O–H groups in total. The molecule has 5 heteroatoms. The van der Waals surface area contributed by atoms with Crippen LogP contribution in [0.25, 0.3) is 0 Å². The predicted octanol–water partition coefficient (Wildman–Crippen LogP) is 1.68. The topological polar surface area (TPSA) is 27.1 Å². The van der Waals surface area contributed by atoms with Crippen LogP contribution in [0.15, 0.2) is 12.4 Å². The Bertz CT molecular complexity index is 224. The second kappa shape index (κ2) is 3.32. The minimum atomic E-state index is -2.59. The molecule has 0 fully saturated rings. The average molecular weight is 162 g/mol. The molecule has 0 radical (unpaired) electrons. The summed E-state index contributed by atoms with van der Waals surface area (Å²) in [6.07, 6.45) is 2.42. The van der Waals surface area contributed by atoms with Gasteiger partial charge in [-0.2, -0.15) is 13.9 Å². The number of nitrogens with zero attached hydrogens (tertiary/aromatic N) is 2. The van der Waals surface area contributed by atoms with Gasteiger partial charge in [-0.1, -0.05) is 0 Å². The van der Waals surface area contributed by atoms with E-state index < -0.39 is 6.55 Å². The fourth-order valence-electron chi connectivity index (χ4n) is 0.669. The normalized spacial score (nSPS) is 10.5. The lowest BCUT2D eigenvalue weighted by Crippen LogP contribution is -1.97. The van der Waals surface area contributed by atoms with E-state index in [9.17, 15) is 8.78 Å². The van der Waals surface area contributed by atoms with Gasteiger partial charge in [0.1, 0.15) is 0 Å². The molecule has 0 aliphatic carbocycles. The van der Waals surface area contributed by atoms with Crippen LogP contribution in [0.2, 0.25) is 0 Å². The molecule has 0 saturated heterocycles. The summed E-state index contributed by atoms with van der Waals surface area (Å²) in [5, 5.41) is 3.38. The third kappa shape index (κ3) is 1.89. The zero-order chi connectivity index (χ0) is 8.27. The second-order valence-electron chi connectivity index (χ2n) is 1.87. The third-order valence-electron chi connectivity index (χ3n) is 1.09. The highest BCUT2D eigenvalue weighted by Gasteiger charge is 2.06. The Morgan fingerprint density at radius 1 is 1.73 bits per heavy atom. The number of aromatic nitrogens is 2. The molecular formula is C6H8F2N2O. The SMILES string of the molecule is CCOc1cnn(C(F)F)c1. The van der Waals surface area contributed by atoms with Gasteiger partial charge in [-0.05, 0) is 6.92 Å². The molecule has 3 nitrogen and oxygen atoms in total. The molecule has 1 aromatic rings. The monoisotopic (exact) mass is 162 g/mol. The Kier molecular flexibility index (Phi) is 2.40. The van der Waals surface area contributed by atoms with Crippen molar-refractivity contribution in [2.24, 2.45) is 0 Å². The summed E-state index contributed by atoms with van der Waals surface area (Å²) in [4.78, 5) is 0. The first-order valence-electron chi connectivity index (χ1n) is 3.19. The number of hydrogen-bond acceptors (Lipinski definition) is 2. The van der Waals surface area contributed by atoms with E-state index in [1.165, 1.54) is 6.20 Å². The molecular weight excluding hydrogens is 154 g/mol. The number of halogens is 2. The second-order valence-corrected chi connectivity index (χ2v) is 1.87. The lowest BCUT2D eigenvalue weighted by Gasteiger charge is -1.96. The van der Waals surface area contributed by atoms with Crippen molar-refractivity contribution in [3.05, 3.63) is 12.4 Å². The first kappa shape index (κ1) is 7.97. The van der Waals surface area contributed by atoms with Gasteiger partial charge in [0, 0.05) is 0 Å². The van der Waals surface area contributed by atoms with Gasteiger partial charge in [0.25, 0.3) is 0 Å². The fraction of sp³-hybridized carbons (Fsp3) is 0.500. The van der Waals surface area contributed by atoms with Gasteiger partial charge in [0.15, 0.2) is 5.75 Å². The van der Waals surface area contributed by atoms with Gasteiger partial charge in [-0.25, -0.2) is 4.68 Å². The minimum Gasteiger partial charge on any atom is -0.491 e. The number of rotatable bonds is 3. The molecule has 0 spiro atoms. The van der Waals surface area contributed by atoms with Crippen LogP contribution >= 0.6 is 0 Å². The Hall–Kier alpha value is -1.13. The molecule has 1 heterocycles. The molecule has 0 aromatic carbocycles. The molecule has 11 heavy (non-hydrogen) atoms. The average Bonchev–Trinajstić information content (AvgIpc) is 2.37. The van der Waals surface area contributed by atoms with Crippen molar-refractivity contribution in [3.63, 3.8) is 0 Å². The van der Waals surface area contributed by atoms with Crippen LogP contribution in [0.3, 0.4) is 0 Å². The molecule has 1 rings (SSSR count).